The van der Waals surface area contributed by atoms with Gasteiger partial charge < -0.3 is 9.32 Å². The molecule has 2 fully saturated rings. The molecule has 2 aliphatic rings. The minimum atomic E-state index is -3.71. The van der Waals surface area contributed by atoms with Crippen LogP contribution in [0.25, 0.3) is 11.1 Å². The zero-order valence-electron chi connectivity index (χ0n) is 14.3. The summed E-state index contributed by atoms with van der Waals surface area (Å²) in [4.78, 5) is 28.1. The molecule has 26 heavy (non-hydrogen) atoms. The Labute approximate surface area is 150 Å². The molecule has 140 valence electrons. The predicted molar refractivity (Wildman–Crippen MR) is 94.1 cm³/mol. The summed E-state index contributed by atoms with van der Waals surface area (Å²) in [5.41, 5.74) is 0.676. The summed E-state index contributed by atoms with van der Waals surface area (Å²) in [7, 11) is -3.71. The predicted octanol–water partition coefficient (Wildman–Crippen LogP) is 1.14. The number of nitrogens with zero attached hydrogens (tertiary/aromatic N) is 2. The van der Waals surface area contributed by atoms with Crippen molar-refractivity contribution in [1.82, 2.24) is 14.2 Å². The van der Waals surface area contributed by atoms with E-state index in [9.17, 15) is 18.0 Å². The van der Waals surface area contributed by atoms with Crippen molar-refractivity contribution >= 4 is 27.0 Å². The van der Waals surface area contributed by atoms with E-state index in [1.165, 1.54) is 22.5 Å². The highest BCUT2D eigenvalue weighted by Gasteiger charge is 2.33. The molecule has 1 amide bonds. The minimum absolute atomic E-state index is 0.0894. The van der Waals surface area contributed by atoms with E-state index in [4.69, 9.17) is 4.42 Å². The lowest BCUT2D eigenvalue weighted by Gasteiger charge is -2.31. The van der Waals surface area contributed by atoms with Gasteiger partial charge in [-0.2, -0.15) is 4.31 Å². The molecule has 0 bridgehead atoms. The van der Waals surface area contributed by atoms with Crippen LogP contribution < -0.4 is 5.76 Å². The highest BCUT2D eigenvalue weighted by molar-refractivity contribution is 7.89. The number of sulfonamides is 1. The van der Waals surface area contributed by atoms with Gasteiger partial charge in [-0.15, -0.1) is 0 Å². The van der Waals surface area contributed by atoms with Gasteiger partial charge in [0.1, 0.15) is 0 Å². The van der Waals surface area contributed by atoms with Gasteiger partial charge in [0.2, 0.25) is 15.9 Å². The fourth-order valence-corrected chi connectivity index (χ4v) is 4.99. The van der Waals surface area contributed by atoms with Crippen molar-refractivity contribution in [2.45, 2.75) is 30.6 Å². The summed E-state index contributed by atoms with van der Waals surface area (Å²) in [6.07, 6.45) is 3.60. The molecular weight excluding hydrogens is 358 g/mol. The SMILES string of the molecule is O=C(C1CCC1)N1CCCN(S(=O)(=O)c2ccc3[nH]c(=O)oc3c2)CC1. The van der Waals surface area contributed by atoms with Crippen LogP contribution in [0.5, 0.6) is 0 Å². The Balaban J connectivity index is 1.53. The molecule has 1 aliphatic carbocycles. The van der Waals surface area contributed by atoms with Gasteiger partial charge in [-0.05, 0) is 31.4 Å². The van der Waals surface area contributed by atoms with Gasteiger partial charge >= 0.3 is 5.76 Å². The van der Waals surface area contributed by atoms with Gasteiger partial charge in [-0.25, -0.2) is 13.2 Å². The monoisotopic (exact) mass is 379 g/mol. The number of hydrogen-bond donors (Lipinski definition) is 1. The topological polar surface area (TPSA) is 104 Å². The first kappa shape index (κ1) is 17.3. The third kappa shape index (κ3) is 3.05. The Hall–Kier alpha value is -2.13. The molecule has 1 saturated carbocycles. The number of aromatic nitrogens is 1. The van der Waals surface area contributed by atoms with Crippen LogP contribution in [0.2, 0.25) is 0 Å². The van der Waals surface area contributed by atoms with E-state index in [1.807, 2.05) is 0 Å². The number of hydrogen-bond acceptors (Lipinski definition) is 5. The number of nitrogens with one attached hydrogen (secondary N) is 1. The standard InChI is InChI=1S/C17H21N3O5S/c21-16(12-3-1-4-12)19-7-2-8-20(10-9-19)26(23,24)13-5-6-14-15(11-13)25-17(22)18-14/h5-6,11-12H,1-4,7-10H2,(H,18,22). The fourth-order valence-electron chi connectivity index (χ4n) is 3.50. The van der Waals surface area contributed by atoms with E-state index in [-0.39, 0.29) is 28.8 Å². The summed E-state index contributed by atoms with van der Waals surface area (Å²) in [5.74, 6) is -0.336. The molecule has 2 heterocycles. The summed E-state index contributed by atoms with van der Waals surface area (Å²) < 4.78 is 32.3. The smallest absolute Gasteiger partial charge is 0.408 e. The number of rotatable bonds is 3. The lowest BCUT2D eigenvalue weighted by molar-refractivity contribution is -0.138. The van der Waals surface area contributed by atoms with Crippen molar-refractivity contribution in [1.29, 1.82) is 0 Å². The van der Waals surface area contributed by atoms with Crippen molar-refractivity contribution in [2.24, 2.45) is 5.92 Å². The van der Waals surface area contributed by atoms with Crippen LogP contribution in [0.15, 0.2) is 32.3 Å². The van der Waals surface area contributed by atoms with E-state index in [1.54, 1.807) is 4.90 Å². The summed E-state index contributed by atoms with van der Waals surface area (Å²) in [5, 5.41) is 0. The van der Waals surface area contributed by atoms with E-state index >= 15 is 0 Å². The lowest BCUT2D eigenvalue weighted by Crippen LogP contribution is -2.41. The second-order valence-corrected chi connectivity index (χ2v) is 8.82. The molecular formula is C17H21N3O5S. The second kappa shape index (κ2) is 6.55. The molecule has 0 radical (unpaired) electrons. The van der Waals surface area contributed by atoms with Crippen molar-refractivity contribution in [3.05, 3.63) is 28.7 Å². The Morgan fingerprint density at radius 1 is 1.12 bits per heavy atom. The zero-order valence-corrected chi connectivity index (χ0v) is 15.1. The van der Waals surface area contributed by atoms with Crippen molar-refractivity contribution in [3.63, 3.8) is 0 Å². The number of aromatic amines is 1. The van der Waals surface area contributed by atoms with E-state index in [0.717, 1.165) is 19.3 Å². The normalized spacial score (nSPS) is 20.1. The molecule has 2 aromatic rings. The summed E-state index contributed by atoms with van der Waals surface area (Å²) >= 11 is 0. The quantitative estimate of drug-likeness (QED) is 0.861. The van der Waals surface area contributed by atoms with Crippen LogP contribution in [-0.2, 0) is 14.8 Å². The second-order valence-electron chi connectivity index (χ2n) is 6.88. The number of H-pyrrole nitrogens is 1. The first-order valence-electron chi connectivity index (χ1n) is 8.87. The van der Waals surface area contributed by atoms with Crippen LogP contribution in [0.4, 0.5) is 0 Å². The van der Waals surface area contributed by atoms with Crippen LogP contribution in [-0.4, -0.2) is 54.7 Å². The average molecular weight is 379 g/mol. The molecule has 0 spiro atoms. The Kier molecular flexibility index (Phi) is 4.36. The maximum Gasteiger partial charge on any atom is 0.417 e. The van der Waals surface area contributed by atoms with Crippen molar-refractivity contribution in [2.75, 3.05) is 26.2 Å². The molecule has 8 nitrogen and oxygen atoms in total. The Morgan fingerprint density at radius 2 is 1.92 bits per heavy atom. The number of oxazole rings is 1. The Bertz CT molecular complexity index is 989. The van der Waals surface area contributed by atoms with Crippen LogP contribution in [0.1, 0.15) is 25.7 Å². The van der Waals surface area contributed by atoms with Crippen LogP contribution in [0, 0.1) is 5.92 Å². The number of carbonyl (C=O) groups is 1. The van der Waals surface area contributed by atoms with Gasteiger partial charge in [0.25, 0.3) is 0 Å². The lowest BCUT2D eigenvalue weighted by atomic mass is 9.84. The number of fused-ring (bicyclic) bond motifs is 1. The third-order valence-corrected chi connectivity index (χ3v) is 7.15. The van der Waals surface area contributed by atoms with Gasteiger partial charge in [-0.3, -0.25) is 9.78 Å². The highest BCUT2D eigenvalue weighted by Crippen LogP contribution is 2.29. The molecule has 1 saturated heterocycles. The molecule has 1 aromatic heterocycles. The minimum Gasteiger partial charge on any atom is -0.408 e. The summed E-state index contributed by atoms with van der Waals surface area (Å²) in [6.45, 7) is 1.64. The molecule has 1 N–H and O–H groups in total. The fraction of sp³-hybridized carbons (Fsp3) is 0.529. The largest absolute Gasteiger partial charge is 0.417 e. The molecule has 4 rings (SSSR count). The number of amides is 1. The molecule has 1 aromatic carbocycles. The van der Waals surface area contributed by atoms with Crippen LogP contribution in [0.3, 0.4) is 0 Å². The molecule has 0 unspecified atom stereocenters. The van der Waals surface area contributed by atoms with Gasteiger partial charge in [0.15, 0.2) is 5.58 Å². The molecule has 0 atom stereocenters. The maximum absolute atomic E-state index is 13.0. The average Bonchev–Trinajstić information content (AvgIpc) is 2.77. The number of carbonyl (C=O) groups excluding carboxylic acids is 1. The number of benzene rings is 1. The Morgan fingerprint density at radius 3 is 2.65 bits per heavy atom. The van der Waals surface area contributed by atoms with Gasteiger partial charge in [0, 0.05) is 38.2 Å². The van der Waals surface area contributed by atoms with E-state index < -0.39 is 15.8 Å². The summed E-state index contributed by atoms with van der Waals surface area (Å²) in [6, 6.07) is 4.35. The van der Waals surface area contributed by atoms with Gasteiger partial charge in [0.05, 0.1) is 10.4 Å². The zero-order chi connectivity index (χ0) is 18.3. The van der Waals surface area contributed by atoms with Crippen molar-refractivity contribution in [3.8, 4) is 0 Å². The maximum atomic E-state index is 13.0. The first-order chi connectivity index (χ1) is 12.4. The third-order valence-electron chi connectivity index (χ3n) is 5.25. The van der Waals surface area contributed by atoms with E-state index in [2.05, 4.69) is 4.98 Å². The molecule has 1 aliphatic heterocycles. The van der Waals surface area contributed by atoms with Gasteiger partial charge in [-0.1, -0.05) is 6.42 Å². The molecule has 9 heteroatoms. The van der Waals surface area contributed by atoms with Crippen LogP contribution >= 0.6 is 0 Å². The van der Waals surface area contributed by atoms with Crippen molar-refractivity contribution < 1.29 is 17.6 Å². The first-order valence-corrected chi connectivity index (χ1v) is 10.3. The van der Waals surface area contributed by atoms with E-state index in [0.29, 0.717) is 31.6 Å². The highest BCUT2D eigenvalue weighted by atomic mass is 32.2.